The summed E-state index contributed by atoms with van der Waals surface area (Å²) in [5.74, 6) is 1.57. The highest BCUT2D eigenvalue weighted by atomic mass is 32.2. The number of pyridine rings is 1. The fraction of sp³-hybridized carbons (Fsp3) is 0.333. The normalized spacial score (nSPS) is 13.1. The van der Waals surface area contributed by atoms with Gasteiger partial charge in [-0.25, -0.2) is 13.4 Å². The quantitative estimate of drug-likeness (QED) is 0.243. The first kappa shape index (κ1) is 27.0. The smallest absolute Gasteiger partial charge is 0.178 e. The first-order valence-electron chi connectivity index (χ1n) is 12.3. The van der Waals surface area contributed by atoms with Crippen LogP contribution in [0.25, 0.3) is 11.0 Å². The zero-order chi connectivity index (χ0) is 26.6. The zero-order valence-electron chi connectivity index (χ0n) is 21.6. The topological polar surface area (TPSA) is 114 Å². The van der Waals surface area contributed by atoms with E-state index in [4.69, 9.17) is 14.5 Å². The van der Waals surface area contributed by atoms with Crippen molar-refractivity contribution in [3.05, 3.63) is 77.9 Å². The molecule has 0 radical (unpaired) electrons. The van der Waals surface area contributed by atoms with Crippen LogP contribution in [0.5, 0.6) is 11.5 Å². The minimum atomic E-state index is -3.30. The van der Waals surface area contributed by atoms with Gasteiger partial charge >= 0.3 is 0 Å². The number of aliphatic hydroxyl groups is 1. The molecule has 10 heteroatoms. The maximum Gasteiger partial charge on any atom is 0.178 e. The Kier molecular flexibility index (Phi) is 8.13. The Morgan fingerprint density at radius 3 is 2.46 bits per heavy atom. The standard InChI is InChI=1S/C27H33N3O5SSi/c1-5-36(32,33)21-11-9-20(10-12-21)35-25-17-24-23(16-19(25)18-31)29-27(30-24)26(22-8-6-7-13-28-22)34-14-15-37(2,3)4/h6-13,16-17,26,31H,5,14-15,18H2,1-4H3,(H,29,30). The molecule has 0 aliphatic rings. The summed E-state index contributed by atoms with van der Waals surface area (Å²) in [7, 11) is -4.58. The van der Waals surface area contributed by atoms with Gasteiger partial charge in [0, 0.05) is 32.5 Å². The van der Waals surface area contributed by atoms with Gasteiger partial charge in [-0.2, -0.15) is 0 Å². The fourth-order valence-corrected chi connectivity index (χ4v) is 5.38. The number of sulfone groups is 1. The van der Waals surface area contributed by atoms with Crippen LogP contribution < -0.4 is 4.74 Å². The summed E-state index contributed by atoms with van der Waals surface area (Å²) < 4.78 is 36.5. The lowest BCUT2D eigenvalue weighted by molar-refractivity contribution is 0.0824. The van der Waals surface area contributed by atoms with Gasteiger partial charge in [-0.05, 0) is 48.5 Å². The molecule has 8 nitrogen and oxygen atoms in total. The highest BCUT2D eigenvalue weighted by Gasteiger charge is 2.23. The summed E-state index contributed by atoms with van der Waals surface area (Å²) in [6, 6.07) is 16.5. The van der Waals surface area contributed by atoms with E-state index in [0.717, 1.165) is 17.3 Å². The molecule has 196 valence electrons. The van der Waals surface area contributed by atoms with Gasteiger partial charge in [0.1, 0.15) is 17.3 Å². The number of imidazole rings is 1. The number of benzene rings is 2. The van der Waals surface area contributed by atoms with Crippen LogP contribution in [0.1, 0.15) is 30.1 Å². The van der Waals surface area contributed by atoms with Crippen molar-refractivity contribution in [3.63, 3.8) is 0 Å². The Balaban J connectivity index is 1.64. The number of nitrogens with one attached hydrogen (secondary N) is 1. The van der Waals surface area contributed by atoms with Crippen molar-refractivity contribution in [2.24, 2.45) is 0 Å². The average Bonchev–Trinajstić information content (AvgIpc) is 3.28. The molecule has 2 aromatic carbocycles. The second-order valence-corrected chi connectivity index (χ2v) is 17.9. The lowest BCUT2D eigenvalue weighted by Gasteiger charge is -2.19. The molecule has 1 atom stereocenters. The second-order valence-electron chi connectivity index (χ2n) is 10.1. The maximum atomic E-state index is 12.1. The molecule has 2 heterocycles. The van der Waals surface area contributed by atoms with Crippen molar-refractivity contribution in [1.82, 2.24) is 15.0 Å². The van der Waals surface area contributed by atoms with Gasteiger partial charge in [-0.3, -0.25) is 4.98 Å². The summed E-state index contributed by atoms with van der Waals surface area (Å²) in [4.78, 5) is 12.9. The third-order valence-electron chi connectivity index (χ3n) is 5.98. The number of aromatic amines is 1. The van der Waals surface area contributed by atoms with Crippen LogP contribution in [0.2, 0.25) is 25.7 Å². The van der Waals surface area contributed by atoms with E-state index in [9.17, 15) is 13.5 Å². The molecule has 4 aromatic rings. The highest BCUT2D eigenvalue weighted by molar-refractivity contribution is 7.91. The van der Waals surface area contributed by atoms with E-state index in [0.29, 0.717) is 35.0 Å². The second kappa shape index (κ2) is 11.1. The molecule has 0 saturated carbocycles. The molecule has 0 amide bonds. The van der Waals surface area contributed by atoms with Crippen LogP contribution in [0.4, 0.5) is 0 Å². The molecular weight excluding hydrogens is 506 g/mol. The van der Waals surface area contributed by atoms with E-state index in [2.05, 4.69) is 29.6 Å². The van der Waals surface area contributed by atoms with Crippen molar-refractivity contribution in [2.75, 3.05) is 12.4 Å². The summed E-state index contributed by atoms with van der Waals surface area (Å²) in [6.07, 6.45) is 1.28. The molecule has 2 aromatic heterocycles. The van der Waals surface area contributed by atoms with Crippen molar-refractivity contribution in [3.8, 4) is 11.5 Å². The average molecular weight is 540 g/mol. The third kappa shape index (κ3) is 6.64. The largest absolute Gasteiger partial charge is 0.457 e. The van der Waals surface area contributed by atoms with Crippen molar-refractivity contribution < 1.29 is 23.0 Å². The number of nitrogens with zero attached hydrogens (tertiary/aromatic N) is 2. The monoisotopic (exact) mass is 539 g/mol. The van der Waals surface area contributed by atoms with Gasteiger partial charge < -0.3 is 19.6 Å². The van der Waals surface area contributed by atoms with Gasteiger partial charge in [0.15, 0.2) is 15.9 Å². The van der Waals surface area contributed by atoms with Crippen molar-refractivity contribution >= 4 is 28.9 Å². The lowest BCUT2D eigenvalue weighted by Crippen LogP contribution is -2.23. The van der Waals surface area contributed by atoms with Gasteiger partial charge in [0.05, 0.1) is 34.0 Å². The molecule has 1 unspecified atom stereocenters. The van der Waals surface area contributed by atoms with Crippen LogP contribution in [-0.2, 0) is 21.2 Å². The van der Waals surface area contributed by atoms with Gasteiger partial charge in [-0.15, -0.1) is 0 Å². The number of aliphatic hydroxyl groups excluding tert-OH is 1. The Labute approximate surface area is 218 Å². The van der Waals surface area contributed by atoms with Crippen molar-refractivity contribution in [2.45, 2.75) is 50.2 Å². The van der Waals surface area contributed by atoms with E-state index in [-0.39, 0.29) is 17.3 Å². The highest BCUT2D eigenvalue weighted by Crippen LogP contribution is 2.32. The Bertz CT molecular complexity index is 1450. The van der Waals surface area contributed by atoms with E-state index < -0.39 is 24.0 Å². The molecule has 0 saturated heterocycles. The van der Waals surface area contributed by atoms with Crippen LogP contribution in [-0.4, -0.2) is 48.9 Å². The predicted octanol–water partition coefficient (Wildman–Crippen LogP) is 5.48. The summed E-state index contributed by atoms with van der Waals surface area (Å²) >= 11 is 0. The number of fused-ring (bicyclic) bond motifs is 1. The molecule has 0 spiro atoms. The molecular formula is C27H33N3O5SSi. The first-order chi connectivity index (χ1) is 17.6. The molecule has 0 aliphatic heterocycles. The first-order valence-corrected chi connectivity index (χ1v) is 17.6. The van der Waals surface area contributed by atoms with Crippen LogP contribution >= 0.6 is 0 Å². The van der Waals surface area contributed by atoms with E-state index in [1.54, 1.807) is 37.4 Å². The molecule has 0 bridgehead atoms. The number of rotatable bonds is 11. The van der Waals surface area contributed by atoms with Crippen LogP contribution in [0, 0.1) is 0 Å². The minimum absolute atomic E-state index is 0.0298. The predicted molar refractivity (Wildman–Crippen MR) is 146 cm³/mol. The Hall–Kier alpha value is -3.05. The fourth-order valence-electron chi connectivity index (χ4n) is 3.77. The van der Waals surface area contributed by atoms with Gasteiger partial charge in [0.25, 0.3) is 0 Å². The Morgan fingerprint density at radius 2 is 1.84 bits per heavy atom. The molecule has 4 rings (SSSR count). The number of ether oxygens (including phenoxy) is 2. The third-order valence-corrected chi connectivity index (χ3v) is 9.44. The molecule has 2 N–H and O–H groups in total. The molecule has 0 fully saturated rings. The Morgan fingerprint density at radius 1 is 1.08 bits per heavy atom. The number of hydrogen-bond donors (Lipinski definition) is 2. The van der Waals surface area contributed by atoms with Crippen molar-refractivity contribution in [1.29, 1.82) is 0 Å². The van der Waals surface area contributed by atoms with Crippen LogP contribution in [0.3, 0.4) is 0 Å². The number of aromatic nitrogens is 3. The maximum absolute atomic E-state index is 12.1. The van der Waals surface area contributed by atoms with Gasteiger partial charge in [-0.1, -0.05) is 32.6 Å². The van der Waals surface area contributed by atoms with E-state index in [1.807, 2.05) is 18.2 Å². The SMILES string of the molecule is CCS(=O)(=O)c1ccc(Oc2cc3[nH]c(C(OCC[Si](C)(C)C)c4ccccn4)nc3cc2CO)cc1. The van der Waals surface area contributed by atoms with E-state index in [1.165, 1.54) is 12.1 Å². The summed E-state index contributed by atoms with van der Waals surface area (Å²) in [6.45, 7) is 8.89. The van der Waals surface area contributed by atoms with Gasteiger partial charge in [0.2, 0.25) is 0 Å². The summed E-state index contributed by atoms with van der Waals surface area (Å²) in [5, 5.41) is 10.00. The number of hydrogen-bond acceptors (Lipinski definition) is 7. The lowest BCUT2D eigenvalue weighted by atomic mass is 10.2. The summed E-state index contributed by atoms with van der Waals surface area (Å²) in [5.41, 5.74) is 2.72. The minimum Gasteiger partial charge on any atom is -0.457 e. The zero-order valence-corrected chi connectivity index (χ0v) is 23.4. The molecule has 0 aliphatic carbocycles. The van der Waals surface area contributed by atoms with E-state index >= 15 is 0 Å². The van der Waals surface area contributed by atoms with Crippen LogP contribution in [0.15, 0.2) is 65.7 Å². The molecule has 37 heavy (non-hydrogen) atoms. The number of H-pyrrole nitrogens is 1.